The van der Waals surface area contributed by atoms with Gasteiger partial charge in [0.15, 0.2) is 0 Å². The molecular weight excluding hydrogens is 286 g/mol. The molecule has 0 saturated heterocycles. The van der Waals surface area contributed by atoms with E-state index in [9.17, 15) is 9.59 Å². The Morgan fingerprint density at radius 3 is 2.43 bits per heavy atom. The van der Waals surface area contributed by atoms with Gasteiger partial charge in [0.1, 0.15) is 0 Å². The first kappa shape index (κ1) is 17.7. The molecule has 1 atom stereocenters. The highest BCUT2D eigenvalue weighted by molar-refractivity contribution is 7.10. The Balaban J connectivity index is 2.35. The van der Waals surface area contributed by atoms with Gasteiger partial charge in [-0.3, -0.25) is 14.5 Å². The Kier molecular flexibility index (Phi) is 6.36. The Bertz CT molecular complexity index is 466. The standard InChI is InChI=1S/C15H25N3O2S/c1-11(12-7-6-8-21-12)16-13(19)9-18(5)10-14(20)17-15(2,3)4/h6-8,11H,9-10H2,1-5H3,(H,16,19)(H,17,20)/t11-/m1/s1. The van der Waals surface area contributed by atoms with Crippen LogP contribution in [-0.2, 0) is 9.59 Å². The van der Waals surface area contributed by atoms with E-state index in [1.807, 2.05) is 45.2 Å². The Labute approximate surface area is 130 Å². The van der Waals surface area contributed by atoms with Crippen LogP contribution in [-0.4, -0.2) is 42.4 Å². The van der Waals surface area contributed by atoms with Crippen molar-refractivity contribution < 1.29 is 9.59 Å². The zero-order chi connectivity index (χ0) is 16.0. The summed E-state index contributed by atoms with van der Waals surface area (Å²) in [5, 5.41) is 7.80. The Morgan fingerprint density at radius 2 is 1.90 bits per heavy atom. The maximum Gasteiger partial charge on any atom is 0.234 e. The SMILES string of the molecule is C[C@@H](NC(=O)CN(C)CC(=O)NC(C)(C)C)c1cccs1. The second-order valence-electron chi connectivity index (χ2n) is 6.28. The van der Waals surface area contributed by atoms with Crippen molar-refractivity contribution in [1.82, 2.24) is 15.5 Å². The predicted molar refractivity (Wildman–Crippen MR) is 86.3 cm³/mol. The fraction of sp³-hybridized carbons (Fsp3) is 0.600. The molecule has 0 aliphatic carbocycles. The van der Waals surface area contributed by atoms with Crippen molar-refractivity contribution in [2.24, 2.45) is 0 Å². The van der Waals surface area contributed by atoms with Gasteiger partial charge in [0.05, 0.1) is 19.1 Å². The van der Waals surface area contributed by atoms with Crippen molar-refractivity contribution in [1.29, 1.82) is 0 Å². The number of carbonyl (C=O) groups excluding carboxylic acids is 2. The molecule has 1 aromatic heterocycles. The van der Waals surface area contributed by atoms with E-state index >= 15 is 0 Å². The lowest BCUT2D eigenvalue weighted by Crippen LogP contribution is -2.46. The molecule has 0 fully saturated rings. The van der Waals surface area contributed by atoms with E-state index in [1.54, 1.807) is 23.3 Å². The van der Waals surface area contributed by atoms with Crippen LogP contribution in [0.15, 0.2) is 17.5 Å². The quantitative estimate of drug-likeness (QED) is 0.842. The number of nitrogens with zero attached hydrogens (tertiary/aromatic N) is 1. The van der Waals surface area contributed by atoms with E-state index in [1.165, 1.54) is 0 Å². The fourth-order valence-electron chi connectivity index (χ4n) is 1.90. The van der Waals surface area contributed by atoms with Gasteiger partial charge in [0.25, 0.3) is 0 Å². The number of carbonyl (C=O) groups is 2. The Morgan fingerprint density at radius 1 is 1.29 bits per heavy atom. The molecule has 0 radical (unpaired) electrons. The van der Waals surface area contributed by atoms with Gasteiger partial charge < -0.3 is 10.6 Å². The lowest BCUT2D eigenvalue weighted by atomic mass is 10.1. The summed E-state index contributed by atoms with van der Waals surface area (Å²) in [5.41, 5.74) is -0.256. The van der Waals surface area contributed by atoms with Crippen LogP contribution in [0.2, 0.25) is 0 Å². The normalized spacial score (nSPS) is 13.0. The van der Waals surface area contributed by atoms with Gasteiger partial charge in [-0.1, -0.05) is 6.07 Å². The molecule has 6 heteroatoms. The fourth-order valence-corrected chi connectivity index (χ4v) is 2.63. The molecule has 0 aliphatic heterocycles. The smallest absolute Gasteiger partial charge is 0.234 e. The van der Waals surface area contributed by atoms with Gasteiger partial charge in [-0.25, -0.2) is 0 Å². The van der Waals surface area contributed by atoms with Crippen LogP contribution in [0, 0.1) is 0 Å². The van der Waals surface area contributed by atoms with E-state index < -0.39 is 0 Å². The highest BCUT2D eigenvalue weighted by Gasteiger charge is 2.17. The number of likely N-dealkylation sites (N-methyl/N-ethyl adjacent to an activating group) is 1. The first-order valence-corrected chi connectivity index (χ1v) is 7.87. The maximum atomic E-state index is 11.9. The van der Waals surface area contributed by atoms with Crippen molar-refractivity contribution in [2.45, 2.75) is 39.3 Å². The molecule has 1 heterocycles. The van der Waals surface area contributed by atoms with E-state index in [0.717, 1.165) is 4.88 Å². The summed E-state index contributed by atoms with van der Waals surface area (Å²) in [6.45, 7) is 8.16. The Hall–Kier alpha value is -1.40. The predicted octanol–water partition coefficient (Wildman–Crippen LogP) is 1.77. The van der Waals surface area contributed by atoms with Crippen LogP contribution in [0.1, 0.15) is 38.6 Å². The summed E-state index contributed by atoms with van der Waals surface area (Å²) in [6.07, 6.45) is 0. The van der Waals surface area contributed by atoms with Crippen molar-refractivity contribution in [3.05, 3.63) is 22.4 Å². The lowest BCUT2D eigenvalue weighted by Gasteiger charge is -2.23. The molecule has 0 spiro atoms. The van der Waals surface area contributed by atoms with Gasteiger partial charge in [-0.15, -0.1) is 11.3 Å². The summed E-state index contributed by atoms with van der Waals surface area (Å²) < 4.78 is 0. The van der Waals surface area contributed by atoms with Crippen molar-refractivity contribution in [3.63, 3.8) is 0 Å². The maximum absolute atomic E-state index is 11.9. The molecule has 5 nitrogen and oxygen atoms in total. The summed E-state index contributed by atoms with van der Waals surface area (Å²) in [6, 6.07) is 3.95. The largest absolute Gasteiger partial charge is 0.350 e. The van der Waals surface area contributed by atoms with Crippen LogP contribution in [0.5, 0.6) is 0 Å². The third-order valence-electron chi connectivity index (χ3n) is 2.69. The number of hydrogen-bond acceptors (Lipinski definition) is 4. The van der Waals surface area contributed by atoms with Crippen LogP contribution in [0.25, 0.3) is 0 Å². The average Bonchev–Trinajstić information content (AvgIpc) is 2.77. The van der Waals surface area contributed by atoms with E-state index in [-0.39, 0.29) is 36.5 Å². The minimum absolute atomic E-state index is 0.00528. The highest BCUT2D eigenvalue weighted by atomic mass is 32.1. The van der Waals surface area contributed by atoms with Crippen LogP contribution in [0.3, 0.4) is 0 Å². The molecule has 0 bridgehead atoms. The minimum atomic E-state index is -0.256. The number of rotatable bonds is 6. The molecular formula is C15H25N3O2S. The van der Waals surface area contributed by atoms with Gasteiger partial charge >= 0.3 is 0 Å². The van der Waals surface area contributed by atoms with E-state index in [2.05, 4.69) is 10.6 Å². The van der Waals surface area contributed by atoms with Gasteiger partial charge in [-0.05, 0) is 46.2 Å². The number of hydrogen-bond donors (Lipinski definition) is 2. The van der Waals surface area contributed by atoms with Crippen LogP contribution >= 0.6 is 11.3 Å². The number of nitrogens with one attached hydrogen (secondary N) is 2. The first-order chi connectivity index (χ1) is 9.67. The van der Waals surface area contributed by atoms with Crippen LogP contribution in [0.4, 0.5) is 0 Å². The van der Waals surface area contributed by atoms with Crippen molar-refractivity contribution in [3.8, 4) is 0 Å². The minimum Gasteiger partial charge on any atom is -0.350 e. The molecule has 0 saturated carbocycles. The van der Waals surface area contributed by atoms with Gasteiger partial charge in [0, 0.05) is 10.4 Å². The molecule has 2 amide bonds. The molecule has 1 rings (SSSR count). The molecule has 0 aromatic carbocycles. The molecule has 118 valence electrons. The molecule has 2 N–H and O–H groups in total. The molecule has 0 unspecified atom stereocenters. The average molecular weight is 311 g/mol. The van der Waals surface area contributed by atoms with E-state index in [4.69, 9.17) is 0 Å². The van der Waals surface area contributed by atoms with Gasteiger partial charge in [-0.2, -0.15) is 0 Å². The van der Waals surface area contributed by atoms with Gasteiger partial charge in [0.2, 0.25) is 11.8 Å². The second-order valence-corrected chi connectivity index (χ2v) is 7.25. The topological polar surface area (TPSA) is 61.4 Å². The number of amides is 2. The zero-order valence-electron chi connectivity index (χ0n) is 13.4. The summed E-state index contributed by atoms with van der Waals surface area (Å²) >= 11 is 1.62. The van der Waals surface area contributed by atoms with E-state index in [0.29, 0.717) is 0 Å². The monoisotopic (exact) mass is 311 g/mol. The summed E-state index contributed by atoms with van der Waals surface area (Å²) in [7, 11) is 1.76. The number of thiophene rings is 1. The second kappa shape index (κ2) is 7.56. The molecule has 21 heavy (non-hydrogen) atoms. The highest BCUT2D eigenvalue weighted by Crippen LogP contribution is 2.17. The summed E-state index contributed by atoms with van der Waals surface area (Å²) in [5.74, 6) is -0.161. The van der Waals surface area contributed by atoms with Crippen LogP contribution < -0.4 is 10.6 Å². The van der Waals surface area contributed by atoms with Crippen molar-refractivity contribution >= 4 is 23.2 Å². The first-order valence-electron chi connectivity index (χ1n) is 6.99. The zero-order valence-corrected chi connectivity index (χ0v) is 14.2. The third-order valence-corrected chi connectivity index (χ3v) is 3.74. The molecule has 0 aliphatic rings. The third kappa shape index (κ3) is 7.24. The lowest BCUT2D eigenvalue weighted by molar-refractivity contribution is -0.125. The summed E-state index contributed by atoms with van der Waals surface area (Å²) in [4.78, 5) is 26.6. The van der Waals surface area contributed by atoms with Crippen molar-refractivity contribution in [2.75, 3.05) is 20.1 Å². The molecule has 1 aromatic rings.